The van der Waals surface area contributed by atoms with E-state index in [0.717, 1.165) is 6.08 Å². The van der Waals surface area contributed by atoms with Crippen molar-refractivity contribution in [2.45, 2.75) is 12.2 Å². The number of fused-ring (bicyclic) bond motifs is 1. The van der Waals surface area contributed by atoms with Gasteiger partial charge in [0.15, 0.2) is 17.6 Å². The number of phenols is 1. The summed E-state index contributed by atoms with van der Waals surface area (Å²) in [4.78, 5) is 23.8. The van der Waals surface area contributed by atoms with E-state index in [9.17, 15) is 14.7 Å². The van der Waals surface area contributed by atoms with Gasteiger partial charge in [0.2, 0.25) is 6.79 Å². The van der Waals surface area contributed by atoms with Crippen LogP contribution in [0.25, 0.3) is 0 Å². The lowest BCUT2D eigenvalue weighted by Crippen LogP contribution is -2.27. The lowest BCUT2D eigenvalue weighted by molar-refractivity contribution is -0.124. The van der Waals surface area contributed by atoms with Crippen molar-refractivity contribution >= 4 is 17.7 Å². The molecule has 0 aliphatic carbocycles. The van der Waals surface area contributed by atoms with Gasteiger partial charge in [-0.15, -0.1) is 0 Å². The minimum absolute atomic E-state index is 0.0338. The summed E-state index contributed by atoms with van der Waals surface area (Å²) in [5, 5.41) is 20.8. The number of nitrogens with one attached hydrogen (secondary N) is 2. The van der Waals surface area contributed by atoms with Crippen LogP contribution in [-0.2, 0) is 14.3 Å². The zero-order chi connectivity index (χ0) is 21.5. The molecule has 0 saturated carbocycles. The van der Waals surface area contributed by atoms with Gasteiger partial charge in [-0.1, -0.05) is 12.1 Å². The molecule has 0 unspecified atom stereocenters. The van der Waals surface area contributed by atoms with E-state index in [1.165, 1.54) is 30.8 Å². The zero-order valence-corrected chi connectivity index (χ0v) is 15.9. The second-order valence-corrected chi connectivity index (χ2v) is 6.15. The van der Waals surface area contributed by atoms with Crippen LogP contribution in [0.4, 0.5) is 10.5 Å². The Labute approximate surface area is 171 Å². The highest BCUT2D eigenvalue weighted by Gasteiger charge is 2.26. The molecule has 2 aromatic rings. The molecule has 158 valence electrons. The molecule has 2 atom stereocenters. The van der Waals surface area contributed by atoms with E-state index in [0.29, 0.717) is 22.7 Å². The second-order valence-electron chi connectivity index (χ2n) is 6.15. The predicted molar refractivity (Wildman–Crippen MR) is 103 cm³/mol. The summed E-state index contributed by atoms with van der Waals surface area (Å²) in [6.45, 7) is 0.107. The topological polar surface area (TPSA) is 136 Å². The van der Waals surface area contributed by atoms with Gasteiger partial charge < -0.3 is 24.1 Å². The van der Waals surface area contributed by atoms with Crippen molar-refractivity contribution in [3.05, 3.63) is 60.2 Å². The van der Waals surface area contributed by atoms with Gasteiger partial charge in [0, 0.05) is 24.9 Å². The van der Waals surface area contributed by atoms with Crippen LogP contribution in [0.1, 0.15) is 11.7 Å². The Kier molecular flexibility index (Phi) is 6.73. The van der Waals surface area contributed by atoms with Crippen molar-refractivity contribution in [1.29, 1.82) is 0 Å². The van der Waals surface area contributed by atoms with Crippen molar-refractivity contribution in [3.63, 3.8) is 0 Å². The van der Waals surface area contributed by atoms with Gasteiger partial charge in [-0.2, -0.15) is 0 Å². The van der Waals surface area contributed by atoms with E-state index < -0.39 is 24.2 Å². The van der Waals surface area contributed by atoms with Crippen LogP contribution in [0.3, 0.4) is 0 Å². The molecule has 0 aromatic heterocycles. The van der Waals surface area contributed by atoms with E-state index in [4.69, 9.17) is 24.2 Å². The molecule has 0 bridgehead atoms. The first-order chi connectivity index (χ1) is 14.5. The molecule has 1 heterocycles. The van der Waals surface area contributed by atoms with Crippen LogP contribution >= 0.6 is 0 Å². The molecule has 10 heteroatoms. The molecule has 0 radical (unpaired) electrons. The number of rotatable bonds is 7. The number of ether oxygens (including phenoxy) is 4. The van der Waals surface area contributed by atoms with Crippen LogP contribution in [0.2, 0.25) is 0 Å². The molecule has 2 amide bonds. The maximum Gasteiger partial charge on any atom is 0.412 e. The number of hydroxylamine groups is 1. The fraction of sp³-hybridized carbons (Fsp3) is 0.200. The largest absolute Gasteiger partial charge is 0.508 e. The Morgan fingerprint density at radius 2 is 1.87 bits per heavy atom. The molecular weight excluding hydrogens is 396 g/mol. The van der Waals surface area contributed by atoms with Crippen LogP contribution in [0, 0.1) is 0 Å². The van der Waals surface area contributed by atoms with E-state index in [1.807, 2.05) is 0 Å². The molecule has 0 fully saturated rings. The summed E-state index contributed by atoms with van der Waals surface area (Å²) >= 11 is 0. The predicted octanol–water partition coefficient (Wildman–Crippen LogP) is 2.49. The highest BCUT2D eigenvalue weighted by Crippen LogP contribution is 2.34. The highest BCUT2D eigenvalue weighted by atomic mass is 16.7. The average Bonchev–Trinajstić information content (AvgIpc) is 3.21. The van der Waals surface area contributed by atoms with Gasteiger partial charge in [-0.05, 0) is 35.9 Å². The number of hydrogen-bond donors (Lipinski definition) is 4. The third kappa shape index (κ3) is 5.19. The van der Waals surface area contributed by atoms with Crippen molar-refractivity contribution in [2.24, 2.45) is 0 Å². The molecule has 1 aliphatic heterocycles. The van der Waals surface area contributed by atoms with E-state index in [-0.39, 0.29) is 12.5 Å². The molecule has 4 N–H and O–H groups in total. The minimum Gasteiger partial charge on any atom is -0.508 e. The first-order valence-corrected chi connectivity index (χ1v) is 8.81. The Morgan fingerprint density at radius 1 is 1.13 bits per heavy atom. The number of methoxy groups -OCH3 is 1. The number of amides is 2. The normalized spacial score (nSPS) is 14.2. The third-order valence-corrected chi connectivity index (χ3v) is 4.19. The van der Waals surface area contributed by atoms with Crippen molar-refractivity contribution < 1.29 is 38.9 Å². The van der Waals surface area contributed by atoms with E-state index >= 15 is 0 Å². The quantitative estimate of drug-likeness (QED) is 0.307. The van der Waals surface area contributed by atoms with Gasteiger partial charge in [0.25, 0.3) is 5.91 Å². The molecule has 10 nitrogen and oxygen atoms in total. The van der Waals surface area contributed by atoms with E-state index in [2.05, 4.69) is 5.32 Å². The first-order valence-electron chi connectivity index (χ1n) is 8.81. The van der Waals surface area contributed by atoms with Gasteiger partial charge >= 0.3 is 6.09 Å². The average molecular weight is 416 g/mol. The first kappa shape index (κ1) is 21.0. The molecule has 1 aliphatic rings. The van der Waals surface area contributed by atoms with Crippen molar-refractivity contribution in [1.82, 2.24) is 5.48 Å². The Hall–Kier alpha value is -3.76. The van der Waals surface area contributed by atoms with Crippen LogP contribution in [-0.4, -0.2) is 42.3 Å². The number of benzene rings is 2. The van der Waals surface area contributed by atoms with Gasteiger partial charge in [-0.25, -0.2) is 10.3 Å². The summed E-state index contributed by atoms with van der Waals surface area (Å²) < 4.78 is 21.4. The second kappa shape index (κ2) is 9.63. The van der Waals surface area contributed by atoms with Crippen LogP contribution < -0.4 is 20.3 Å². The van der Waals surface area contributed by atoms with Crippen molar-refractivity contribution in [3.8, 4) is 17.2 Å². The fourth-order valence-electron chi connectivity index (χ4n) is 2.75. The maximum atomic E-state index is 12.5. The SMILES string of the molecule is CO[C@@H](/C=C/C(=O)NO)[C@@H](OC(=O)Nc1ccc2c(c1)OCO2)c1ccc(O)cc1. The molecular formula is C20H20N2O8. The maximum absolute atomic E-state index is 12.5. The lowest BCUT2D eigenvalue weighted by atomic mass is 10.0. The molecule has 3 rings (SSSR count). The van der Waals surface area contributed by atoms with Gasteiger partial charge in [0.05, 0.1) is 0 Å². The summed E-state index contributed by atoms with van der Waals surface area (Å²) in [5.74, 6) is 0.330. The standard InChI is InChI=1S/C20H20N2O8/c1-27-16(8-9-18(24)22-26)19(12-2-5-14(23)6-3-12)30-20(25)21-13-4-7-15-17(10-13)29-11-28-15/h2-10,16,19,23,26H,11H2,1H3,(H,21,25)(H,22,24)/b9-8+/t16-,19-/m0/s1. The zero-order valence-electron chi connectivity index (χ0n) is 15.9. The number of aromatic hydroxyl groups is 1. The van der Waals surface area contributed by atoms with Gasteiger partial charge in [-0.3, -0.25) is 15.3 Å². The monoisotopic (exact) mass is 416 g/mol. The van der Waals surface area contributed by atoms with Crippen LogP contribution in [0.5, 0.6) is 17.2 Å². The Bertz CT molecular complexity index is 929. The minimum atomic E-state index is -0.965. The van der Waals surface area contributed by atoms with Crippen molar-refractivity contribution in [2.75, 3.05) is 19.2 Å². The smallest absolute Gasteiger partial charge is 0.412 e. The fourth-order valence-corrected chi connectivity index (χ4v) is 2.75. The van der Waals surface area contributed by atoms with E-state index in [1.54, 1.807) is 30.3 Å². The summed E-state index contributed by atoms with van der Waals surface area (Å²) in [6, 6.07) is 10.8. The third-order valence-electron chi connectivity index (χ3n) is 4.19. The number of carbonyl (C=O) groups excluding carboxylic acids is 2. The molecule has 30 heavy (non-hydrogen) atoms. The molecule has 0 spiro atoms. The number of hydrogen-bond acceptors (Lipinski definition) is 8. The summed E-state index contributed by atoms with van der Waals surface area (Å²) in [7, 11) is 1.37. The lowest BCUT2D eigenvalue weighted by Gasteiger charge is -2.24. The van der Waals surface area contributed by atoms with Crippen LogP contribution in [0.15, 0.2) is 54.6 Å². The molecule has 2 aromatic carbocycles. The Morgan fingerprint density at radius 3 is 2.57 bits per heavy atom. The summed E-state index contributed by atoms with van der Waals surface area (Å²) in [5.41, 5.74) is 2.41. The highest BCUT2D eigenvalue weighted by molar-refractivity contribution is 5.87. The molecule has 0 saturated heterocycles. The summed E-state index contributed by atoms with van der Waals surface area (Å²) in [6.07, 6.45) is -0.242. The number of anilines is 1. The number of phenolic OH excluding ortho intramolecular Hbond substituents is 1. The number of carbonyl (C=O) groups is 2. The van der Waals surface area contributed by atoms with Gasteiger partial charge in [0.1, 0.15) is 11.9 Å². The Balaban J connectivity index is 1.78.